The number of hydrogen-bond acceptors (Lipinski definition) is 5. The third kappa shape index (κ3) is 4.59. The minimum Gasteiger partial charge on any atom is -0.493 e. The van der Waals surface area contributed by atoms with Crippen LogP contribution in [0.4, 0.5) is 0 Å². The molecule has 4 nitrogen and oxygen atoms in total. The Bertz CT molecular complexity index is 573. The third-order valence-corrected chi connectivity index (χ3v) is 3.81. The Morgan fingerprint density at radius 3 is 2.81 bits per heavy atom. The van der Waals surface area contributed by atoms with Crippen LogP contribution >= 0.6 is 22.9 Å². The highest BCUT2D eigenvalue weighted by Crippen LogP contribution is 2.35. The van der Waals surface area contributed by atoms with Crippen LogP contribution in [0.15, 0.2) is 23.7 Å². The zero-order valence-electron chi connectivity index (χ0n) is 12.4. The van der Waals surface area contributed by atoms with Gasteiger partial charge in [0.2, 0.25) is 0 Å². The van der Waals surface area contributed by atoms with E-state index in [1.54, 1.807) is 30.7 Å². The van der Waals surface area contributed by atoms with Gasteiger partial charge in [0.1, 0.15) is 11.6 Å². The van der Waals surface area contributed by atoms with E-state index in [4.69, 9.17) is 21.1 Å². The number of benzene rings is 1. The molecule has 21 heavy (non-hydrogen) atoms. The van der Waals surface area contributed by atoms with Crippen LogP contribution in [0.3, 0.4) is 0 Å². The summed E-state index contributed by atoms with van der Waals surface area (Å²) in [5.74, 6) is 1.35. The summed E-state index contributed by atoms with van der Waals surface area (Å²) in [5.41, 5.74) is 0.976. The van der Waals surface area contributed by atoms with Gasteiger partial charge in [-0.3, -0.25) is 0 Å². The van der Waals surface area contributed by atoms with Gasteiger partial charge in [-0.15, -0.1) is 11.3 Å². The lowest BCUT2D eigenvalue weighted by Crippen LogP contribution is -2.22. The number of rotatable bonds is 7. The largest absolute Gasteiger partial charge is 0.493 e. The SMILES string of the molecule is COc1cc(Cl)cc(CNC(C)C)c1OCc1nccs1. The number of thiazole rings is 1. The normalized spacial score (nSPS) is 10.9. The molecule has 0 spiro atoms. The molecule has 0 saturated carbocycles. The predicted molar refractivity (Wildman–Crippen MR) is 86.4 cm³/mol. The van der Waals surface area contributed by atoms with Gasteiger partial charge >= 0.3 is 0 Å². The lowest BCUT2D eigenvalue weighted by molar-refractivity contribution is 0.280. The monoisotopic (exact) mass is 326 g/mol. The number of halogens is 1. The molecule has 2 aromatic rings. The van der Waals surface area contributed by atoms with E-state index in [2.05, 4.69) is 24.1 Å². The average molecular weight is 327 g/mol. The molecule has 0 aliphatic carbocycles. The van der Waals surface area contributed by atoms with Crippen LogP contribution in [0.25, 0.3) is 0 Å². The van der Waals surface area contributed by atoms with Gasteiger partial charge in [-0.2, -0.15) is 0 Å². The first-order valence-electron chi connectivity index (χ1n) is 6.71. The fourth-order valence-electron chi connectivity index (χ4n) is 1.84. The maximum absolute atomic E-state index is 6.14. The quantitative estimate of drug-likeness (QED) is 0.838. The molecule has 0 atom stereocenters. The Balaban J connectivity index is 2.21. The van der Waals surface area contributed by atoms with E-state index in [0.717, 1.165) is 10.6 Å². The van der Waals surface area contributed by atoms with E-state index in [1.165, 1.54) is 0 Å². The lowest BCUT2D eigenvalue weighted by atomic mass is 10.1. The summed E-state index contributed by atoms with van der Waals surface area (Å²) in [5, 5.41) is 6.86. The first kappa shape index (κ1) is 16.1. The van der Waals surface area contributed by atoms with Crippen molar-refractivity contribution >= 4 is 22.9 Å². The summed E-state index contributed by atoms with van der Waals surface area (Å²) in [6.07, 6.45) is 1.77. The van der Waals surface area contributed by atoms with Crippen LogP contribution in [0, 0.1) is 0 Å². The van der Waals surface area contributed by atoms with Gasteiger partial charge in [-0.25, -0.2) is 4.98 Å². The number of ether oxygens (including phenoxy) is 2. The molecule has 0 amide bonds. The molecule has 0 radical (unpaired) electrons. The number of nitrogens with zero attached hydrogens (tertiary/aromatic N) is 1. The predicted octanol–water partition coefficient (Wildman–Crippen LogP) is 3.88. The molecule has 2 rings (SSSR count). The molecule has 1 aromatic carbocycles. The van der Waals surface area contributed by atoms with Crippen molar-refractivity contribution in [3.8, 4) is 11.5 Å². The molecule has 6 heteroatoms. The van der Waals surface area contributed by atoms with E-state index in [0.29, 0.717) is 35.7 Å². The van der Waals surface area contributed by atoms with Crippen molar-refractivity contribution in [1.29, 1.82) is 0 Å². The minimum absolute atomic E-state index is 0.377. The van der Waals surface area contributed by atoms with Gasteiger partial charge in [0, 0.05) is 40.8 Å². The molecule has 1 aromatic heterocycles. The van der Waals surface area contributed by atoms with E-state index in [1.807, 2.05) is 11.4 Å². The van der Waals surface area contributed by atoms with Gasteiger partial charge < -0.3 is 14.8 Å². The summed E-state index contributed by atoms with van der Waals surface area (Å²) in [7, 11) is 1.61. The van der Waals surface area contributed by atoms with Crippen LogP contribution in [0.1, 0.15) is 24.4 Å². The molecule has 0 aliphatic rings. The summed E-state index contributed by atoms with van der Waals surface area (Å²) >= 11 is 7.71. The maximum Gasteiger partial charge on any atom is 0.166 e. The topological polar surface area (TPSA) is 43.4 Å². The van der Waals surface area contributed by atoms with Gasteiger partial charge in [0.25, 0.3) is 0 Å². The van der Waals surface area contributed by atoms with Crippen LogP contribution in [-0.2, 0) is 13.2 Å². The van der Waals surface area contributed by atoms with Gasteiger partial charge in [0.05, 0.1) is 7.11 Å². The van der Waals surface area contributed by atoms with E-state index < -0.39 is 0 Å². The fourth-order valence-corrected chi connectivity index (χ4v) is 2.60. The number of aromatic nitrogens is 1. The first-order chi connectivity index (χ1) is 10.1. The van der Waals surface area contributed by atoms with Crippen LogP contribution < -0.4 is 14.8 Å². The van der Waals surface area contributed by atoms with Crippen LogP contribution in [0.5, 0.6) is 11.5 Å². The minimum atomic E-state index is 0.377. The average Bonchev–Trinajstić information content (AvgIpc) is 2.96. The molecular formula is C15H19ClN2O2S. The van der Waals surface area contributed by atoms with Crippen LogP contribution in [0.2, 0.25) is 5.02 Å². The second-order valence-electron chi connectivity index (χ2n) is 4.85. The first-order valence-corrected chi connectivity index (χ1v) is 7.97. The summed E-state index contributed by atoms with van der Waals surface area (Å²) in [6.45, 7) is 5.28. The summed E-state index contributed by atoms with van der Waals surface area (Å²) in [4.78, 5) is 4.22. The Morgan fingerprint density at radius 1 is 1.38 bits per heavy atom. The van der Waals surface area contributed by atoms with Crippen molar-refractivity contribution in [3.05, 3.63) is 39.3 Å². The molecule has 1 heterocycles. The fraction of sp³-hybridized carbons (Fsp3) is 0.400. The summed E-state index contributed by atoms with van der Waals surface area (Å²) in [6, 6.07) is 4.04. The van der Waals surface area contributed by atoms with Crippen molar-refractivity contribution < 1.29 is 9.47 Å². The van der Waals surface area contributed by atoms with Gasteiger partial charge in [-0.1, -0.05) is 25.4 Å². The molecular weight excluding hydrogens is 308 g/mol. The second kappa shape index (κ2) is 7.64. The molecule has 0 aliphatic heterocycles. The molecule has 114 valence electrons. The highest BCUT2D eigenvalue weighted by molar-refractivity contribution is 7.09. The Labute approximate surface area is 134 Å². The number of nitrogens with one attached hydrogen (secondary N) is 1. The molecule has 0 bridgehead atoms. The van der Waals surface area contributed by atoms with Crippen LogP contribution in [-0.4, -0.2) is 18.1 Å². The Morgan fingerprint density at radius 2 is 2.19 bits per heavy atom. The van der Waals surface area contributed by atoms with E-state index in [9.17, 15) is 0 Å². The zero-order chi connectivity index (χ0) is 15.2. The van der Waals surface area contributed by atoms with Gasteiger partial charge in [-0.05, 0) is 6.07 Å². The van der Waals surface area contributed by atoms with Gasteiger partial charge in [0.15, 0.2) is 11.5 Å². The lowest BCUT2D eigenvalue weighted by Gasteiger charge is -2.16. The number of hydrogen-bond donors (Lipinski definition) is 1. The summed E-state index contributed by atoms with van der Waals surface area (Å²) < 4.78 is 11.3. The zero-order valence-corrected chi connectivity index (χ0v) is 13.9. The van der Waals surface area contributed by atoms with Crippen molar-refractivity contribution in [3.63, 3.8) is 0 Å². The van der Waals surface area contributed by atoms with E-state index >= 15 is 0 Å². The molecule has 0 unspecified atom stereocenters. The second-order valence-corrected chi connectivity index (χ2v) is 6.26. The van der Waals surface area contributed by atoms with Crippen molar-refractivity contribution in [2.75, 3.05) is 7.11 Å². The highest BCUT2D eigenvalue weighted by atomic mass is 35.5. The molecule has 1 N–H and O–H groups in total. The van der Waals surface area contributed by atoms with E-state index in [-0.39, 0.29) is 0 Å². The van der Waals surface area contributed by atoms with Crippen molar-refractivity contribution in [1.82, 2.24) is 10.3 Å². The Kier molecular flexibility index (Phi) is 5.85. The molecule has 0 saturated heterocycles. The maximum atomic E-state index is 6.14. The third-order valence-electron chi connectivity index (χ3n) is 2.84. The standard InChI is InChI=1S/C15H19ClN2O2S/c1-10(2)18-8-11-6-12(16)7-13(19-3)15(11)20-9-14-17-4-5-21-14/h4-7,10,18H,8-9H2,1-3H3. The Hall–Kier alpha value is -1.30. The van der Waals surface area contributed by atoms with Crippen molar-refractivity contribution in [2.24, 2.45) is 0 Å². The molecule has 0 fully saturated rings. The van der Waals surface area contributed by atoms with Crippen molar-refractivity contribution in [2.45, 2.75) is 33.0 Å². The number of methoxy groups -OCH3 is 1. The smallest absolute Gasteiger partial charge is 0.166 e. The highest BCUT2D eigenvalue weighted by Gasteiger charge is 2.14.